The highest BCUT2D eigenvalue weighted by Crippen LogP contribution is 2.19. The maximum Gasteiger partial charge on any atom is 0.0291 e. The molecular formula is C15H25NS. The molecule has 0 aromatic heterocycles. The normalized spacial score (nSPS) is 14.9. The Labute approximate surface area is 110 Å². The fourth-order valence-corrected chi connectivity index (χ4v) is 2.02. The summed E-state index contributed by atoms with van der Waals surface area (Å²) in [7, 11) is 0. The van der Waals surface area contributed by atoms with Crippen LogP contribution >= 0.6 is 11.8 Å². The second-order valence-corrected chi connectivity index (χ2v) is 6.00. The van der Waals surface area contributed by atoms with E-state index in [-0.39, 0.29) is 0 Å². The topological polar surface area (TPSA) is 12.0 Å². The standard InChI is InChI=1S/C15H25NS/c1-11(2)12(3)10-16-13(4)14-6-8-15(17-5)9-7-14/h6-9,11-13,16H,10H2,1-5H3. The zero-order chi connectivity index (χ0) is 12.8. The summed E-state index contributed by atoms with van der Waals surface area (Å²) in [4.78, 5) is 1.33. The van der Waals surface area contributed by atoms with Crippen molar-refractivity contribution in [1.82, 2.24) is 5.32 Å². The van der Waals surface area contributed by atoms with Gasteiger partial charge in [-0.3, -0.25) is 0 Å². The van der Waals surface area contributed by atoms with Crippen LogP contribution in [-0.4, -0.2) is 12.8 Å². The molecule has 0 aliphatic rings. The van der Waals surface area contributed by atoms with Crippen molar-refractivity contribution in [3.63, 3.8) is 0 Å². The molecule has 1 aromatic rings. The molecule has 0 fully saturated rings. The molecule has 96 valence electrons. The van der Waals surface area contributed by atoms with E-state index in [1.807, 2.05) is 0 Å². The van der Waals surface area contributed by atoms with E-state index in [2.05, 4.69) is 63.5 Å². The predicted molar refractivity (Wildman–Crippen MR) is 78.6 cm³/mol. The highest BCUT2D eigenvalue weighted by atomic mass is 32.2. The van der Waals surface area contributed by atoms with Crippen molar-refractivity contribution in [1.29, 1.82) is 0 Å². The molecule has 2 heteroatoms. The van der Waals surface area contributed by atoms with Gasteiger partial charge < -0.3 is 5.32 Å². The van der Waals surface area contributed by atoms with Crippen LogP contribution in [0.1, 0.15) is 39.3 Å². The molecule has 0 aliphatic heterocycles. The average molecular weight is 251 g/mol. The number of hydrogen-bond donors (Lipinski definition) is 1. The number of thioether (sulfide) groups is 1. The smallest absolute Gasteiger partial charge is 0.0291 e. The van der Waals surface area contributed by atoms with Gasteiger partial charge >= 0.3 is 0 Å². The van der Waals surface area contributed by atoms with Gasteiger partial charge in [-0.15, -0.1) is 11.8 Å². The van der Waals surface area contributed by atoms with Crippen LogP contribution in [0.5, 0.6) is 0 Å². The molecular weight excluding hydrogens is 226 g/mol. The lowest BCUT2D eigenvalue weighted by Gasteiger charge is -2.20. The van der Waals surface area contributed by atoms with Crippen molar-refractivity contribution < 1.29 is 0 Å². The first kappa shape index (κ1) is 14.6. The minimum Gasteiger partial charge on any atom is -0.310 e. The van der Waals surface area contributed by atoms with Gasteiger partial charge in [0.25, 0.3) is 0 Å². The molecule has 0 aliphatic carbocycles. The predicted octanol–water partition coefficient (Wildman–Crippen LogP) is 4.35. The van der Waals surface area contributed by atoms with Crippen molar-refractivity contribution in [2.24, 2.45) is 11.8 Å². The van der Waals surface area contributed by atoms with Gasteiger partial charge in [0.2, 0.25) is 0 Å². The van der Waals surface area contributed by atoms with Crippen molar-refractivity contribution >= 4 is 11.8 Å². The third-order valence-corrected chi connectivity index (χ3v) is 4.24. The fraction of sp³-hybridized carbons (Fsp3) is 0.600. The van der Waals surface area contributed by atoms with E-state index in [1.165, 1.54) is 10.5 Å². The first-order valence-corrected chi connectivity index (χ1v) is 7.64. The van der Waals surface area contributed by atoms with E-state index >= 15 is 0 Å². The largest absolute Gasteiger partial charge is 0.310 e. The summed E-state index contributed by atoms with van der Waals surface area (Å²) in [5.41, 5.74) is 1.37. The van der Waals surface area contributed by atoms with E-state index in [9.17, 15) is 0 Å². The average Bonchev–Trinajstić information content (AvgIpc) is 2.35. The van der Waals surface area contributed by atoms with Crippen molar-refractivity contribution in [2.45, 2.75) is 38.6 Å². The minimum atomic E-state index is 0.437. The Morgan fingerprint density at radius 3 is 2.12 bits per heavy atom. The van der Waals surface area contributed by atoms with Crippen LogP contribution in [0.25, 0.3) is 0 Å². The van der Waals surface area contributed by atoms with Crippen LogP contribution in [-0.2, 0) is 0 Å². The van der Waals surface area contributed by atoms with Crippen LogP contribution in [0.2, 0.25) is 0 Å². The fourth-order valence-electron chi connectivity index (χ4n) is 1.61. The molecule has 0 spiro atoms. The number of rotatable bonds is 6. The molecule has 1 aromatic carbocycles. The SMILES string of the molecule is CSc1ccc(C(C)NCC(C)C(C)C)cc1. The van der Waals surface area contributed by atoms with Crippen molar-refractivity contribution in [2.75, 3.05) is 12.8 Å². The number of benzene rings is 1. The van der Waals surface area contributed by atoms with Gasteiger partial charge in [-0.2, -0.15) is 0 Å². The van der Waals surface area contributed by atoms with Gasteiger partial charge in [0.15, 0.2) is 0 Å². The molecule has 1 N–H and O–H groups in total. The summed E-state index contributed by atoms with van der Waals surface area (Å²) < 4.78 is 0. The quantitative estimate of drug-likeness (QED) is 0.754. The Balaban J connectivity index is 2.48. The first-order chi connectivity index (χ1) is 8.04. The summed E-state index contributed by atoms with van der Waals surface area (Å²) in [6, 6.07) is 9.29. The van der Waals surface area contributed by atoms with E-state index in [1.54, 1.807) is 11.8 Å². The van der Waals surface area contributed by atoms with E-state index in [0.717, 1.165) is 18.4 Å². The highest BCUT2D eigenvalue weighted by Gasteiger charge is 2.10. The molecule has 17 heavy (non-hydrogen) atoms. The Kier molecular flexibility index (Phi) is 6.07. The molecule has 2 atom stereocenters. The third kappa shape index (κ3) is 4.72. The van der Waals surface area contributed by atoms with Gasteiger partial charge in [-0.25, -0.2) is 0 Å². The Hall–Kier alpha value is -0.470. The number of hydrogen-bond acceptors (Lipinski definition) is 2. The third-order valence-electron chi connectivity index (χ3n) is 3.50. The molecule has 0 amide bonds. The van der Waals surface area contributed by atoms with Crippen LogP contribution < -0.4 is 5.32 Å². The molecule has 1 rings (SSSR count). The van der Waals surface area contributed by atoms with Gasteiger partial charge in [-0.05, 0) is 49.3 Å². The number of nitrogens with one attached hydrogen (secondary N) is 1. The van der Waals surface area contributed by atoms with Gasteiger partial charge in [0.1, 0.15) is 0 Å². The molecule has 1 nitrogen and oxygen atoms in total. The second-order valence-electron chi connectivity index (χ2n) is 5.12. The molecule has 0 saturated carbocycles. The van der Waals surface area contributed by atoms with Crippen molar-refractivity contribution in [3.8, 4) is 0 Å². The Morgan fingerprint density at radius 2 is 1.65 bits per heavy atom. The van der Waals surface area contributed by atoms with Crippen molar-refractivity contribution in [3.05, 3.63) is 29.8 Å². The van der Waals surface area contributed by atoms with Crippen LogP contribution in [0.4, 0.5) is 0 Å². The monoisotopic (exact) mass is 251 g/mol. The summed E-state index contributed by atoms with van der Waals surface area (Å²) in [6.45, 7) is 10.2. The zero-order valence-corrected chi connectivity index (χ0v) is 12.5. The van der Waals surface area contributed by atoms with Gasteiger partial charge in [0.05, 0.1) is 0 Å². The van der Waals surface area contributed by atoms with Gasteiger partial charge in [0, 0.05) is 10.9 Å². The molecule has 2 unspecified atom stereocenters. The Bertz CT molecular complexity index is 318. The summed E-state index contributed by atoms with van der Waals surface area (Å²) in [6.07, 6.45) is 2.11. The molecule has 0 saturated heterocycles. The summed E-state index contributed by atoms with van der Waals surface area (Å²) in [5, 5.41) is 3.61. The second kappa shape index (κ2) is 7.07. The lowest BCUT2D eigenvalue weighted by atomic mass is 9.97. The zero-order valence-electron chi connectivity index (χ0n) is 11.7. The summed E-state index contributed by atoms with van der Waals surface area (Å²) >= 11 is 1.79. The maximum atomic E-state index is 3.61. The lowest BCUT2D eigenvalue weighted by Crippen LogP contribution is -2.26. The molecule has 0 radical (unpaired) electrons. The van der Waals surface area contributed by atoms with E-state index in [0.29, 0.717) is 6.04 Å². The Morgan fingerprint density at radius 1 is 1.06 bits per heavy atom. The highest BCUT2D eigenvalue weighted by molar-refractivity contribution is 7.98. The van der Waals surface area contributed by atoms with Crippen LogP contribution in [0.3, 0.4) is 0 Å². The summed E-state index contributed by atoms with van der Waals surface area (Å²) in [5.74, 6) is 1.47. The minimum absolute atomic E-state index is 0.437. The first-order valence-electron chi connectivity index (χ1n) is 6.42. The van der Waals surface area contributed by atoms with Gasteiger partial charge in [-0.1, -0.05) is 32.9 Å². The molecule has 0 bridgehead atoms. The van der Waals surface area contributed by atoms with E-state index in [4.69, 9.17) is 0 Å². The van der Waals surface area contributed by atoms with E-state index < -0.39 is 0 Å². The molecule has 0 heterocycles. The lowest BCUT2D eigenvalue weighted by molar-refractivity contribution is 0.375. The maximum absolute atomic E-state index is 3.61. The van der Waals surface area contributed by atoms with Crippen LogP contribution in [0, 0.1) is 11.8 Å². The van der Waals surface area contributed by atoms with Crippen LogP contribution in [0.15, 0.2) is 29.2 Å².